The largest absolute Gasteiger partial charge is 0.399 e. The molecule has 110 valence electrons. The molecule has 21 heavy (non-hydrogen) atoms. The minimum Gasteiger partial charge on any atom is -0.399 e. The molecule has 2 saturated heterocycles. The first-order valence-electron chi connectivity index (χ1n) is 7.29. The molecule has 2 aliphatic heterocycles. The molecule has 2 fully saturated rings. The lowest BCUT2D eigenvalue weighted by atomic mass is 10.0. The molecule has 0 bridgehead atoms. The van der Waals surface area contributed by atoms with Crippen molar-refractivity contribution in [3.8, 4) is 0 Å². The van der Waals surface area contributed by atoms with Gasteiger partial charge in [0.05, 0.1) is 25.3 Å². The second-order valence-electron chi connectivity index (χ2n) is 5.61. The van der Waals surface area contributed by atoms with Gasteiger partial charge in [0.15, 0.2) is 5.79 Å². The smallest absolute Gasteiger partial charge is 0.186 e. The fourth-order valence-electron chi connectivity index (χ4n) is 3.21. The van der Waals surface area contributed by atoms with Gasteiger partial charge >= 0.3 is 0 Å². The van der Waals surface area contributed by atoms with Crippen LogP contribution in [0.1, 0.15) is 12.8 Å². The van der Waals surface area contributed by atoms with Crippen LogP contribution in [0.15, 0.2) is 24.5 Å². The van der Waals surface area contributed by atoms with Crippen LogP contribution in [0.25, 0.3) is 10.9 Å². The highest BCUT2D eigenvalue weighted by Crippen LogP contribution is 2.34. The molecular weight excluding hydrogens is 268 g/mol. The minimum atomic E-state index is -0.462. The van der Waals surface area contributed by atoms with Gasteiger partial charge in [-0.2, -0.15) is 0 Å². The Morgan fingerprint density at radius 3 is 2.90 bits per heavy atom. The highest BCUT2D eigenvalue weighted by Gasteiger charge is 2.41. The lowest BCUT2D eigenvalue weighted by molar-refractivity contribution is -0.161. The highest BCUT2D eigenvalue weighted by atomic mass is 16.7. The summed E-state index contributed by atoms with van der Waals surface area (Å²) in [5, 5.41) is 0.979. The number of benzene rings is 1. The third-order valence-electron chi connectivity index (χ3n) is 4.17. The SMILES string of the molecule is Nc1ccc2ncnc(N3CCCC4(C3)OCCO4)c2c1. The molecule has 2 aliphatic rings. The lowest BCUT2D eigenvalue weighted by Gasteiger charge is -2.39. The standard InChI is InChI=1S/C15H18N4O2/c16-11-2-3-13-12(8-11)14(18-10-17-13)19-5-1-4-15(9-19)20-6-7-21-15/h2-3,8,10H,1,4-7,9,16H2. The Hall–Kier alpha value is -1.92. The monoisotopic (exact) mass is 286 g/mol. The number of hydrogen-bond acceptors (Lipinski definition) is 6. The Kier molecular flexibility index (Phi) is 2.94. The molecule has 1 spiro atoms. The number of anilines is 2. The van der Waals surface area contributed by atoms with Crippen molar-refractivity contribution in [2.24, 2.45) is 0 Å². The van der Waals surface area contributed by atoms with Gasteiger partial charge in [-0.05, 0) is 24.6 Å². The molecule has 0 atom stereocenters. The van der Waals surface area contributed by atoms with Gasteiger partial charge in [-0.15, -0.1) is 0 Å². The molecule has 4 rings (SSSR count). The first-order valence-corrected chi connectivity index (χ1v) is 7.29. The topological polar surface area (TPSA) is 73.5 Å². The van der Waals surface area contributed by atoms with Crippen LogP contribution in [0.2, 0.25) is 0 Å². The minimum absolute atomic E-state index is 0.462. The van der Waals surface area contributed by atoms with E-state index in [0.29, 0.717) is 19.8 Å². The molecule has 6 heteroatoms. The summed E-state index contributed by atoms with van der Waals surface area (Å²) in [6.45, 7) is 2.99. The second-order valence-corrected chi connectivity index (χ2v) is 5.61. The van der Waals surface area contributed by atoms with Crippen LogP contribution in [-0.4, -0.2) is 42.1 Å². The molecule has 2 aromatic rings. The summed E-state index contributed by atoms with van der Waals surface area (Å²) < 4.78 is 11.7. The first kappa shape index (κ1) is 12.8. The van der Waals surface area contributed by atoms with Gasteiger partial charge < -0.3 is 20.1 Å². The molecule has 6 nitrogen and oxygen atoms in total. The van der Waals surface area contributed by atoms with Gasteiger partial charge in [0.2, 0.25) is 0 Å². The van der Waals surface area contributed by atoms with Gasteiger partial charge in [0.25, 0.3) is 0 Å². The quantitative estimate of drug-likeness (QED) is 0.802. The molecule has 0 unspecified atom stereocenters. The Balaban J connectivity index is 1.74. The van der Waals surface area contributed by atoms with Gasteiger partial charge in [-0.3, -0.25) is 0 Å². The van der Waals surface area contributed by atoms with Crippen molar-refractivity contribution in [1.29, 1.82) is 0 Å². The average molecular weight is 286 g/mol. The van der Waals surface area contributed by atoms with E-state index in [1.54, 1.807) is 6.33 Å². The van der Waals surface area contributed by atoms with Crippen LogP contribution in [0, 0.1) is 0 Å². The maximum atomic E-state index is 5.91. The van der Waals surface area contributed by atoms with Gasteiger partial charge in [-0.1, -0.05) is 0 Å². The fourth-order valence-corrected chi connectivity index (χ4v) is 3.21. The zero-order valence-electron chi connectivity index (χ0n) is 11.8. The number of hydrogen-bond donors (Lipinski definition) is 1. The van der Waals surface area contributed by atoms with Crippen molar-refractivity contribution in [2.75, 3.05) is 36.9 Å². The number of fused-ring (bicyclic) bond motifs is 1. The van der Waals surface area contributed by atoms with Crippen molar-refractivity contribution < 1.29 is 9.47 Å². The molecule has 0 saturated carbocycles. The third-order valence-corrected chi connectivity index (χ3v) is 4.17. The van der Waals surface area contributed by atoms with E-state index in [4.69, 9.17) is 15.2 Å². The Morgan fingerprint density at radius 1 is 1.19 bits per heavy atom. The molecule has 0 amide bonds. The number of rotatable bonds is 1. The maximum Gasteiger partial charge on any atom is 0.186 e. The van der Waals surface area contributed by atoms with Gasteiger partial charge in [0, 0.05) is 24.0 Å². The second kappa shape index (κ2) is 4.82. The lowest BCUT2D eigenvalue weighted by Crippen LogP contribution is -2.49. The molecule has 3 heterocycles. The van der Waals surface area contributed by atoms with Crippen molar-refractivity contribution in [3.05, 3.63) is 24.5 Å². The predicted molar refractivity (Wildman–Crippen MR) is 80.0 cm³/mol. The summed E-state index contributed by atoms with van der Waals surface area (Å²) in [4.78, 5) is 11.0. The summed E-state index contributed by atoms with van der Waals surface area (Å²) in [5.41, 5.74) is 7.54. The van der Waals surface area contributed by atoms with Gasteiger partial charge in [0.1, 0.15) is 12.1 Å². The summed E-state index contributed by atoms with van der Waals surface area (Å²) in [6, 6.07) is 5.72. The van der Waals surface area contributed by atoms with Crippen LogP contribution in [0.5, 0.6) is 0 Å². The fraction of sp³-hybridized carbons (Fsp3) is 0.467. The molecule has 0 radical (unpaired) electrons. The molecule has 0 aliphatic carbocycles. The zero-order valence-corrected chi connectivity index (χ0v) is 11.8. The van der Waals surface area contributed by atoms with E-state index in [2.05, 4.69) is 14.9 Å². The molecular formula is C15H18N4O2. The Labute approximate surface area is 122 Å². The van der Waals surface area contributed by atoms with Crippen molar-refractivity contribution >= 4 is 22.4 Å². The first-order chi connectivity index (χ1) is 10.3. The Morgan fingerprint density at radius 2 is 2.05 bits per heavy atom. The summed E-state index contributed by atoms with van der Waals surface area (Å²) in [6.07, 6.45) is 3.56. The van der Waals surface area contributed by atoms with E-state index in [9.17, 15) is 0 Å². The number of piperidine rings is 1. The molecule has 2 N–H and O–H groups in total. The van der Waals surface area contributed by atoms with E-state index in [-0.39, 0.29) is 0 Å². The van der Waals surface area contributed by atoms with Crippen molar-refractivity contribution in [1.82, 2.24) is 9.97 Å². The number of aromatic nitrogens is 2. The number of nitrogens with zero attached hydrogens (tertiary/aromatic N) is 3. The van der Waals surface area contributed by atoms with Crippen LogP contribution >= 0.6 is 0 Å². The van der Waals surface area contributed by atoms with Crippen LogP contribution < -0.4 is 10.6 Å². The van der Waals surface area contributed by atoms with Crippen molar-refractivity contribution in [3.63, 3.8) is 0 Å². The molecule has 1 aromatic heterocycles. The van der Waals surface area contributed by atoms with Crippen LogP contribution in [0.3, 0.4) is 0 Å². The van der Waals surface area contributed by atoms with Crippen molar-refractivity contribution in [2.45, 2.75) is 18.6 Å². The van der Waals surface area contributed by atoms with E-state index in [1.807, 2.05) is 18.2 Å². The number of ether oxygens (including phenoxy) is 2. The van der Waals surface area contributed by atoms with Crippen LogP contribution in [-0.2, 0) is 9.47 Å². The van der Waals surface area contributed by atoms with Crippen LogP contribution in [0.4, 0.5) is 11.5 Å². The normalized spacial score (nSPS) is 21.2. The number of nitrogen functional groups attached to an aromatic ring is 1. The number of nitrogens with two attached hydrogens (primary N) is 1. The highest BCUT2D eigenvalue weighted by molar-refractivity contribution is 5.91. The average Bonchev–Trinajstić information content (AvgIpc) is 2.94. The predicted octanol–water partition coefficient (Wildman–Crippen LogP) is 1.56. The van der Waals surface area contributed by atoms with E-state index in [0.717, 1.165) is 41.8 Å². The van der Waals surface area contributed by atoms with Gasteiger partial charge in [-0.25, -0.2) is 9.97 Å². The van der Waals surface area contributed by atoms with E-state index >= 15 is 0 Å². The summed E-state index contributed by atoms with van der Waals surface area (Å²) in [7, 11) is 0. The molecule has 1 aromatic carbocycles. The Bertz CT molecular complexity index is 670. The zero-order chi connectivity index (χ0) is 14.3. The summed E-state index contributed by atoms with van der Waals surface area (Å²) in [5.74, 6) is 0.445. The maximum absolute atomic E-state index is 5.91. The summed E-state index contributed by atoms with van der Waals surface area (Å²) >= 11 is 0. The van der Waals surface area contributed by atoms with E-state index in [1.165, 1.54) is 0 Å². The van der Waals surface area contributed by atoms with E-state index < -0.39 is 5.79 Å². The third kappa shape index (κ3) is 2.20.